The molecule has 9 heteroatoms. The quantitative estimate of drug-likeness (QED) is 0.106. The highest BCUT2D eigenvalue weighted by Crippen LogP contribution is 2.35. The van der Waals surface area contributed by atoms with Gasteiger partial charge in [0, 0.05) is 49.9 Å². The Morgan fingerprint density at radius 2 is 1.56 bits per heavy atom. The highest BCUT2D eigenvalue weighted by atomic mass is 32.1. The Kier molecular flexibility index (Phi) is 9.76. The number of hydrogen-bond donors (Lipinski definition) is 1. The van der Waals surface area contributed by atoms with Gasteiger partial charge in [-0.3, -0.25) is 19.7 Å². The Bertz CT molecular complexity index is 2070. The monoisotopic (exact) mass is 685 g/mol. The van der Waals surface area contributed by atoms with Gasteiger partial charge in [-0.1, -0.05) is 55.7 Å². The van der Waals surface area contributed by atoms with Crippen LogP contribution < -0.4 is 10.2 Å². The van der Waals surface area contributed by atoms with E-state index in [2.05, 4.69) is 65.8 Å². The average Bonchev–Trinajstić information content (AvgIpc) is 3.67. The lowest BCUT2D eigenvalue weighted by Gasteiger charge is -2.29. The second-order valence-electron chi connectivity index (χ2n) is 13.8. The number of thiazole rings is 1. The van der Waals surface area contributed by atoms with Gasteiger partial charge in [0.05, 0.1) is 10.2 Å². The summed E-state index contributed by atoms with van der Waals surface area (Å²) in [5.41, 5.74) is 9.97. The molecule has 0 spiro atoms. The minimum atomic E-state index is -0.568. The van der Waals surface area contributed by atoms with Crippen molar-refractivity contribution < 1.29 is 14.4 Å². The summed E-state index contributed by atoms with van der Waals surface area (Å²) in [6.45, 7) is 2.59. The molecule has 2 aliphatic heterocycles. The van der Waals surface area contributed by atoms with Crippen molar-refractivity contribution in [3.63, 3.8) is 0 Å². The zero-order chi connectivity index (χ0) is 34.8. The average molecular weight is 686 g/mol. The predicted octanol–water partition coefficient (Wildman–Crippen LogP) is 7.90. The Labute approximate surface area is 297 Å². The SMILES string of the molecule is Cc1cc(-c2ccc(N(C)C)nc2)ccc1-c1nc2ccc(CCCCCCCc3ccc4c(c3)CN(C3CCC(=O)NC3=O)C4=O)cc2s1. The van der Waals surface area contributed by atoms with Crippen molar-refractivity contribution in [3.8, 4) is 21.7 Å². The molecule has 0 saturated carbocycles. The van der Waals surface area contributed by atoms with E-state index in [9.17, 15) is 14.4 Å². The molecule has 2 aromatic heterocycles. The number of aryl methyl sites for hydroxylation is 3. The van der Waals surface area contributed by atoms with Crippen molar-refractivity contribution >= 4 is 45.1 Å². The van der Waals surface area contributed by atoms with Crippen LogP contribution in [0.4, 0.5) is 5.82 Å². The van der Waals surface area contributed by atoms with E-state index in [1.54, 1.807) is 16.2 Å². The van der Waals surface area contributed by atoms with E-state index >= 15 is 0 Å². The maximum Gasteiger partial charge on any atom is 0.255 e. The number of nitrogens with zero attached hydrogens (tertiary/aromatic N) is 4. The van der Waals surface area contributed by atoms with Gasteiger partial charge >= 0.3 is 0 Å². The fourth-order valence-electron chi connectivity index (χ4n) is 7.12. The first-order valence-electron chi connectivity index (χ1n) is 17.6. The van der Waals surface area contributed by atoms with Gasteiger partial charge in [0.15, 0.2) is 0 Å². The number of unbranched alkanes of at least 4 members (excludes halogenated alkanes) is 4. The molecule has 3 aromatic carbocycles. The van der Waals surface area contributed by atoms with Gasteiger partial charge in [-0.2, -0.15) is 0 Å². The highest BCUT2D eigenvalue weighted by molar-refractivity contribution is 7.21. The predicted molar refractivity (Wildman–Crippen MR) is 200 cm³/mol. The van der Waals surface area contributed by atoms with Crippen LogP contribution in [0.2, 0.25) is 0 Å². The summed E-state index contributed by atoms with van der Waals surface area (Å²) < 4.78 is 1.24. The van der Waals surface area contributed by atoms with E-state index in [-0.39, 0.29) is 24.1 Å². The van der Waals surface area contributed by atoms with Crippen LogP contribution in [0.5, 0.6) is 0 Å². The molecule has 0 bridgehead atoms. The molecular weight excluding hydrogens is 643 g/mol. The van der Waals surface area contributed by atoms with E-state index in [1.165, 1.54) is 52.6 Å². The fourth-order valence-corrected chi connectivity index (χ4v) is 8.24. The zero-order valence-electron chi connectivity index (χ0n) is 29.0. The van der Waals surface area contributed by atoms with Crippen LogP contribution in [0.15, 0.2) is 72.9 Å². The summed E-state index contributed by atoms with van der Waals surface area (Å²) in [6.07, 6.45) is 10.5. The van der Waals surface area contributed by atoms with Gasteiger partial charge in [0.2, 0.25) is 11.8 Å². The molecule has 3 amide bonds. The number of rotatable bonds is 12. The Morgan fingerprint density at radius 3 is 2.28 bits per heavy atom. The minimum Gasteiger partial charge on any atom is -0.363 e. The molecule has 2 aliphatic rings. The first kappa shape index (κ1) is 33.6. The van der Waals surface area contributed by atoms with Crippen molar-refractivity contribution in [2.24, 2.45) is 0 Å². The van der Waals surface area contributed by atoms with E-state index in [0.29, 0.717) is 18.5 Å². The molecule has 1 N–H and O–H groups in total. The van der Waals surface area contributed by atoms with Crippen LogP contribution in [-0.4, -0.2) is 52.7 Å². The van der Waals surface area contributed by atoms with Gasteiger partial charge in [-0.05, 0) is 97.2 Å². The summed E-state index contributed by atoms with van der Waals surface area (Å²) >= 11 is 1.77. The smallest absolute Gasteiger partial charge is 0.255 e. The Morgan fingerprint density at radius 1 is 0.840 bits per heavy atom. The highest BCUT2D eigenvalue weighted by Gasteiger charge is 2.39. The number of piperidine rings is 1. The fraction of sp³-hybridized carbons (Fsp3) is 0.341. The lowest BCUT2D eigenvalue weighted by molar-refractivity contribution is -0.136. The van der Waals surface area contributed by atoms with Gasteiger partial charge in [-0.15, -0.1) is 11.3 Å². The standard InChI is InChI=1S/C41H43N5O3S/c1-26-21-29(30-14-19-37(42-24-30)45(2)3)13-16-32(26)40-43-34-17-12-28(23-36(34)50-40)10-8-6-4-5-7-9-27-11-15-33-31(22-27)25-46(41(33)49)35-18-20-38(47)44-39(35)48/h11-17,19,21-24,35H,4-10,18,20,25H2,1-3H3,(H,44,47,48). The van der Waals surface area contributed by atoms with Crippen molar-refractivity contribution in [2.45, 2.75) is 77.3 Å². The van der Waals surface area contributed by atoms with Gasteiger partial charge < -0.3 is 9.80 Å². The number of fused-ring (bicyclic) bond motifs is 2. The second kappa shape index (κ2) is 14.5. The molecule has 5 aromatic rings. The van der Waals surface area contributed by atoms with Crippen LogP contribution in [0.25, 0.3) is 31.9 Å². The van der Waals surface area contributed by atoms with Crippen LogP contribution in [0, 0.1) is 6.92 Å². The molecule has 0 aliphatic carbocycles. The van der Waals surface area contributed by atoms with Gasteiger partial charge in [0.1, 0.15) is 16.9 Å². The lowest BCUT2D eigenvalue weighted by Crippen LogP contribution is -2.52. The van der Waals surface area contributed by atoms with Gasteiger partial charge in [0.25, 0.3) is 5.91 Å². The number of carbonyl (C=O) groups excluding carboxylic acids is 3. The number of nitrogens with one attached hydrogen (secondary N) is 1. The number of hydrogen-bond acceptors (Lipinski definition) is 7. The summed E-state index contributed by atoms with van der Waals surface area (Å²) in [4.78, 5) is 50.0. The number of benzene rings is 3. The first-order valence-corrected chi connectivity index (χ1v) is 18.5. The molecule has 256 valence electrons. The number of amides is 3. The van der Waals surface area contributed by atoms with Crippen LogP contribution in [0.3, 0.4) is 0 Å². The summed E-state index contributed by atoms with van der Waals surface area (Å²) in [5, 5.41) is 3.43. The number of pyridine rings is 1. The van der Waals surface area contributed by atoms with Crippen LogP contribution in [-0.2, 0) is 29.0 Å². The third-order valence-corrected chi connectivity index (χ3v) is 11.0. The van der Waals surface area contributed by atoms with Gasteiger partial charge in [-0.25, -0.2) is 9.97 Å². The molecule has 1 unspecified atom stereocenters. The summed E-state index contributed by atoms with van der Waals surface area (Å²) in [6, 6.07) is 23.0. The maximum atomic E-state index is 13.0. The molecule has 50 heavy (non-hydrogen) atoms. The molecule has 0 radical (unpaired) electrons. The van der Waals surface area contributed by atoms with Crippen molar-refractivity contribution in [1.82, 2.24) is 20.2 Å². The summed E-state index contributed by atoms with van der Waals surface area (Å²) in [5.74, 6) is 0.203. The lowest BCUT2D eigenvalue weighted by atomic mass is 10.0. The Hall–Kier alpha value is -4.89. The molecule has 8 nitrogen and oxygen atoms in total. The molecule has 1 fully saturated rings. The van der Waals surface area contributed by atoms with E-state index in [4.69, 9.17) is 4.98 Å². The van der Waals surface area contributed by atoms with E-state index in [1.807, 2.05) is 43.4 Å². The van der Waals surface area contributed by atoms with E-state index < -0.39 is 6.04 Å². The van der Waals surface area contributed by atoms with Crippen LogP contribution in [0.1, 0.15) is 77.6 Å². The normalized spacial score (nSPS) is 15.9. The second-order valence-corrected chi connectivity index (χ2v) is 14.8. The third kappa shape index (κ3) is 7.19. The third-order valence-electron chi connectivity index (χ3n) is 9.97. The number of carbonyl (C=O) groups is 3. The van der Waals surface area contributed by atoms with Crippen molar-refractivity contribution in [1.29, 1.82) is 0 Å². The molecule has 4 heterocycles. The molecule has 1 saturated heterocycles. The molecule has 7 rings (SSSR count). The number of imide groups is 1. The summed E-state index contributed by atoms with van der Waals surface area (Å²) in [7, 11) is 4.00. The topological polar surface area (TPSA) is 95.5 Å². The van der Waals surface area contributed by atoms with Crippen molar-refractivity contribution in [2.75, 3.05) is 19.0 Å². The largest absolute Gasteiger partial charge is 0.363 e. The number of anilines is 1. The van der Waals surface area contributed by atoms with Crippen LogP contribution >= 0.6 is 11.3 Å². The molecular formula is C41H43N5O3S. The minimum absolute atomic E-state index is 0.114. The first-order chi connectivity index (χ1) is 24.2. The van der Waals surface area contributed by atoms with E-state index in [0.717, 1.165) is 52.3 Å². The molecule has 1 atom stereocenters. The maximum absolute atomic E-state index is 13.0. The zero-order valence-corrected chi connectivity index (χ0v) is 29.8. The van der Waals surface area contributed by atoms with Crippen molar-refractivity contribution in [3.05, 3.63) is 101 Å². The number of aromatic nitrogens is 2. The Balaban J connectivity index is 0.867.